The molecule has 0 fully saturated rings. The Bertz CT molecular complexity index is 350. The molecule has 0 amide bonds. The fraction of sp³-hybridized carbons (Fsp3) is 0.538. The molecule has 0 atom stereocenters. The maximum atomic E-state index is 8.75. The molecule has 102 valence electrons. The Morgan fingerprint density at radius 2 is 2.28 bits per heavy atom. The molecule has 0 aromatic heterocycles. The maximum absolute atomic E-state index is 8.75. The zero-order valence-corrected chi connectivity index (χ0v) is 13.0. The lowest BCUT2D eigenvalue weighted by Crippen LogP contribution is -2.18. The van der Waals surface area contributed by atoms with E-state index in [4.69, 9.17) is 9.84 Å². The summed E-state index contributed by atoms with van der Waals surface area (Å²) >= 11 is 5.35. The smallest absolute Gasteiger partial charge is 0.0587 e. The highest BCUT2D eigenvalue weighted by Crippen LogP contribution is 2.28. The minimum Gasteiger partial charge on any atom is -0.396 e. The average Bonchev–Trinajstić information content (AvgIpc) is 2.37. The molecule has 0 unspecified atom stereocenters. The molecule has 1 rings (SSSR count). The van der Waals surface area contributed by atoms with E-state index < -0.39 is 0 Å². The normalized spacial score (nSPS) is 10.8. The van der Waals surface area contributed by atoms with Crippen LogP contribution < -0.4 is 5.32 Å². The van der Waals surface area contributed by atoms with Crippen molar-refractivity contribution in [3.63, 3.8) is 0 Å². The van der Waals surface area contributed by atoms with E-state index >= 15 is 0 Å². The van der Waals surface area contributed by atoms with E-state index in [0.717, 1.165) is 36.3 Å². The zero-order valence-electron chi connectivity index (χ0n) is 10.6. The van der Waals surface area contributed by atoms with Crippen LogP contribution in [0.2, 0.25) is 0 Å². The molecular formula is C13H20BrNO2S. The fourth-order valence-electron chi connectivity index (χ4n) is 1.42. The first-order valence-corrected chi connectivity index (χ1v) is 7.77. The SMILES string of the molecule is COCCNCc1ccc(SCCCO)c(Br)c1. The number of thioether (sulfide) groups is 1. The first kappa shape index (κ1) is 16.0. The number of hydrogen-bond acceptors (Lipinski definition) is 4. The summed E-state index contributed by atoms with van der Waals surface area (Å²) in [5, 5.41) is 12.1. The summed E-state index contributed by atoms with van der Waals surface area (Å²) in [5.74, 6) is 0.945. The highest BCUT2D eigenvalue weighted by atomic mass is 79.9. The molecule has 2 N–H and O–H groups in total. The van der Waals surface area contributed by atoms with E-state index in [1.165, 1.54) is 10.5 Å². The Morgan fingerprint density at radius 3 is 2.94 bits per heavy atom. The van der Waals surface area contributed by atoms with Crippen molar-refractivity contribution in [2.75, 3.05) is 32.6 Å². The van der Waals surface area contributed by atoms with Gasteiger partial charge in [0.25, 0.3) is 0 Å². The zero-order chi connectivity index (χ0) is 13.2. The van der Waals surface area contributed by atoms with Gasteiger partial charge in [-0.3, -0.25) is 0 Å². The number of halogens is 1. The summed E-state index contributed by atoms with van der Waals surface area (Å²) in [5.41, 5.74) is 1.25. The molecule has 3 nitrogen and oxygen atoms in total. The van der Waals surface area contributed by atoms with Crippen LogP contribution in [0.5, 0.6) is 0 Å². The van der Waals surface area contributed by atoms with Crippen LogP contribution in [0, 0.1) is 0 Å². The van der Waals surface area contributed by atoms with Gasteiger partial charge in [0.2, 0.25) is 0 Å². The number of hydrogen-bond donors (Lipinski definition) is 2. The molecule has 1 aromatic carbocycles. The number of methoxy groups -OCH3 is 1. The highest BCUT2D eigenvalue weighted by Gasteiger charge is 2.02. The molecule has 0 heterocycles. The third-order valence-electron chi connectivity index (χ3n) is 2.37. The summed E-state index contributed by atoms with van der Waals surface area (Å²) in [4.78, 5) is 1.23. The van der Waals surface area contributed by atoms with Gasteiger partial charge in [0.1, 0.15) is 0 Å². The van der Waals surface area contributed by atoms with Gasteiger partial charge in [-0.2, -0.15) is 0 Å². The van der Waals surface area contributed by atoms with Crippen LogP contribution in [-0.2, 0) is 11.3 Å². The van der Waals surface area contributed by atoms with Gasteiger partial charge in [0.15, 0.2) is 0 Å². The van der Waals surface area contributed by atoms with E-state index in [9.17, 15) is 0 Å². The quantitative estimate of drug-likeness (QED) is 0.538. The van der Waals surface area contributed by atoms with Gasteiger partial charge in [-0.15, -0.1) is 11.8 Å². The average molecular weight is 334 g/mol. The van der Waals surface area contributed by atoms with Gasteiger partial charge in [0, 0.05) is 41.9 Å². The Labute approximate surface area is 121 Å². The molecule has 0 aliphatic carbocycles. The van der Waals surface area contributed by atoms with Crippen molar-refractivity contribution in [1.82, 2.24) is 5.32 Å². The van der Waals surface area contributed by atoms with Gasteiger partial charge >= 0.3 is 0 Å². The molecule has 0 aliphatic heterocycles. The molecular weight excluding hydrogens is 314 g/mol. The molecule has 1 aromatic rings. The maximum Gasteiger partial charge on any atom is 0.0587 e. The van der Waals surface area contributed by atoms with Gasteiger partial charge in [-0.25, -0.2) is 0 Å². The highest BCUT2D eigenvalue weighted by molar-refractivity contribution is 9.10. The van der Waals surface area contributed by atoms with Crippen molar-refractivity contribution in [2.24, 2.45) is 0 Å². The molecule has 0 saturated carbocycles. The Kier molecular flexibility index (Phi) is 8.71. The van der Waals surface area contributed by atoms with Crippen LogP contribution in [0.25, 0.3) is 0 Å². The Balaban J connectivity index is 2.41. The minimum absolute atomic E-state index is 0.256. The summed E-state index contributed by atoms with van der Waals surface area (Å²) in [6.07, 6.45) is 0.831. The molecule has 0 radical (unpaired) electrons. The molecule has 0 bridgehead atoms. The third-order valence-corrected chi connectivity index (χ3v) is 4.45. The first-order chi connectivity index (χ1) is 8.77. The second-order valence-corrected chi connectivity index (χ2v) is 5.85. The van der Waals surface area contributed by atoms with Gasteiger partial charge in [-0.05, 0) is 40.0 Å². The lowest BCUT2D eigenvalue weighted by molar-refractivity contribution is 0.199. The van der Waals surface area contributed by atoms with Gasteiger partial charge in [0.05, 0.1) is 6.61 Å². The monoisotopic (exact) mass is 333 g/mol. The first-order valence-electron chi connectivity index (χ1n) is 5.99. The van der Waals surface area contributed by atoms with Crippen molar-refractivity contribution in [1.29, 1.82) is 0 Å². The fourth-order valence-corrected chi connectivity index (χ4v) is 3.05. The summed E-state index contributed by atoms with van der Waals surface area (Å²) in [6, 6.07) is 6.40. The van der Waals surface area contributed by atoms with Crippen LogP contribution in [0.4, 0.5) is 0 Å². The Morgan fingerprint density at radius 1 is 1.44 bits per heavy atom. The standard InChI is InChI=1S/C13H20BrNO2S/c1-17-7-5-15-10-11-3-4-13(12(14)9-11)18-8-2-6-16/h3-4,9,15-16H,2,5-8,10H2,1H3. The molecule has 18 heavy (non-hydrogen) atoms. The number of ether oxygens (including phenoxy) is 1. The number of aliphatic hydroxyl groups excluding tert-OH is 1. The van der Waals surface area contributed by atoms with E-state index in [-0.39, 0.29) is 6.61 Å². The van der Waals surface area contributed by atoms with Gasteiger partial charge in [-0.1, -0.05) is 6.07 Å². The predicted molar refractivity (Wildman–Crippen MR) is 80.2 cm³/mol. The van der Waals surface area contributed by atoms with Crippen molar-refractivity contribution in [3.8, 4) is 0 Å². The predicted octanol–water partition coefficient (Wildman–Crippen LogP) is 2.66. The van der Waals surface area contributed by atoms with Crippen molar-refractivity contribution in [2.45, 2.75) is 17.9 Å². The van der Waals surface area contributed by atoms with Crippen LogP contribution in [0.15, 0.2) is 27.6 Å². The number of nitrogens with one attached hydrogen (secondary N) is 1. The summed E-state index contributed by atoms with van der Waals surface area (Å²) in [6.45, 7) is 2.70. The van der Waals surface area contributed by atoms with Crippen LogP contribution in [0.1, 0.15) is 12.0 Å². The largest absolute Gasteiger partial charge is 0.396 e. The minimum atomic E-state index is 0.256. The lowest BCUT2D eigenvalue weighted by atomic mass is 10.2. The number of rotatable bonds is 9. The van der Waals surface area contributed by atoms with Gasteiger partial charge < -0.3 is 15.2 Å². The lowest BCUT2D eigenvalue weighted by Gasteiger charge is -2.08. The topological polar surface area (TPSA) is 41.5 Å². The van der Waals surface area contributed by atoms with E-state index in [1.54, 1.807) is 18.9 Å². The van der Waals surface area contributed by atoms with E-state index in [1.807, 2.05) is 0 Å². The second kappa shape index (κ2) is 9.81. The van der Waals surface area contributed by atoms with Crippen LogP contribution in [0.3, 0.4) is 0 Å². The third kappa shape index (κ3) is 6.20. The van der Waals surface area contributed by atoms with Crippen molar-refractivity contribution >= 4 is 27.7 Å². The molecule has 0 saturated heterocycles. The molecule has 0 spiro atoms. The van der Waals surface area contributed by atoms with Crippen LogP contribution >= 0.6 is 27.7 Å². The summed E-state index contributed by atoms with van der Waals surface area (Å²) in [7, 11) is 1.71. The molecule has 5 heteroatoms. The summed E-state index contributed by atoms with van der Waals surface area (Å²) < 4.78 is 6.10. The number of benzene rings is 1. The Hall–Kier alpha value is -0.0700. The van der Waals surface area contributed by atoms with E-state index in [0.29, 0.717) is 0 Å². The van der Waals surface area contributed by atoms with E-state index in [2.05, 4.69) is 39.4 Å². The van der Waals surface area contributed by atoms with Crippen LogP contribution in [-0.4, -0.2) is 37.7 Å². The molecule has 0 aliphatic rings. The second-order valence-electron chi connectivity index (χ2n) is 3.86. The van der Waals surface area contributed by atoms with Crippen molar-refractivity contribution < 1.29 is 9.84 Å². The number of aliphatic hydroxyl groups is 1. The van der Waals surface area contributed by atoms with Crippen molar-refractivity contribution in [3.05, 3.63) is 28.2 Å².